The summed E-state index contributed by atoms with van der Waals surface area (Å²) in [5.74, 6) is -2.73. The zero-order valence-electron chi connectivity index (χ0n) is 13.5. The van der Waals surface area contributed by atoms with Crippen LogP contribution >= 0.6 is 34.2 Å². The molecule has 0 amide bonds. The van der Waals surface area contributed by atoms with Gasteiger partial charge in [-0.3, -0.25) is 4.79 Å². The van der Waals surface area contributed by atoms with Crippen LogP contribution in [0.5, 0.6) is 0 Å². The SMILES string of the molecule is O=C(COCC(O)CO)c1ccc(F)c(F)c1Cc1ccc(I)cc1Cl. The van der Waals surface area contributed by atoms with E-state index in [1.54, 1.807) is 18.2 Å². The second kappa shape index (κ2) is 9.70. The zero-order valence-corrected chi connectivity index (χ0v) is 16.4. The quantitative estimate of drug-likeness (QED) is 0.435. The highest BCUT2D eigenvalue weighted by molar-refractivity contribution is 14.1. The molecule has 0 bridgehead atoms. The van der Waals surface area contributed by atoms with Gasteiger partial charge in [-0.25, -0.2) is 8.78 Å². The summed E-state index contributed by atoms with van der Waals surface area (Å²) < 4.78 is 33.9. The van der Waals surface area contributed by atoms with Crippen molar-refractivity contribution in [3.63, 3.8) is 0 Å². The number of hydrogen-bond donors (Lipinski definition) is 2. The third-order valence-corrected chi connectivity index (χ3v) is 4.66. The lowest BCUT2D eigenvalue weighted by Crippen LogP contribution is -2.22. The van der Waals surface area contributed by atoms with E-state index in [1.165, 1.54) is 6.07 Å². The topological polar surface area (TPSA) is 66.8 Å². The van der Waals surface area contributed by atoms with Crippen LogP contribution in [0.4, 0.5) is 8.78 Å². The van der Waals surface area contributed by atoms with Gasteiger partial charge in [-0.15, -0.1) is 0 Å². The number of rotatable bonds is 8. The summed E-state index contributed by atoms with van der Waals surface area (Å²) in [6.45, 7) is -1.18. The number of aliphatic hydroxyl groups excluding tert-OH is 2. The first-order valence-electron chi connectivity index (χ1n) is 7.64. The number of carbonyl (C=O) groups excluding carboxylic acids is 1. The van der Waals surface area contributed by atoms with Crippen LogP contribution in [-0.2, 0) is 11.2 Å². The highest BCUT2D eigenvalue weighted by Crippen LogP contribution is 2.26. The van der Waals surface area contributed by atoms with E-state index in [9.17, 15) is 18.7 Å². The Morgan fingerprint density at radius 1 is 1.27 bits per heavy atom. The van der Waals surface area contributed by atoms with Crippen LogP contribution in [0.15, 0.2) is 30.3 Å². The highest BCUT2D eigenvalue weighted by Gasteiger charge is 2.20. The van der Waals surface area contributed by atoms with Gasteiger partial charge in [-0.05, 0) is 52.4 Å². The molecule has 0 aliphatic heterocycles. The summed E-state index contributed by atoms with van der Waals surface area (Å²) in [6.07, 6.45) is -1.17. The number of hydrogen-bond acceptors (Lipinski definition) is 4. The number of benzene rings is 2. The largest absolute Gasteiger partial charge is 0.394 e. The molecule has 26 heavy (non-hydrogen) atoms. The average Bonchev–Trinajstić information content (AvgIpc) is 2.60. The van der Waals surface area contributed by atoms with Crippen molar-refractivity contribution in [3.8, 4) is 0 Å². The zero-order chi connectivity index (χ0) is 19.3. The van der Waals surface area contributed by atoms with Crippen molar-refractivity contribution < 1.29 is 28.5 Å². The van der Waals surface area contributed by atoms with Gasteiger partial charge in [0.1, 0.15) is 12.7 Å². The minimum atomic E-state index is -1.11. The number of halogens is 4. The van der Waals surface area contributed by atoms with Crippen molar-refractivity contribution in [1.29, 1.82) is 0 Å². The van der Waals surface area contributed by atoms with Gasteiger partial charge in [0.05, 0.1) is 13.2 Å². The van der Waals surface area contributed by atoms with Crippen LogP contribution in [0, 0.1) is 15.2 Å². The number of carbonyl (C=O) groups is 1. The molecule has 0 spiro atoms. The average molecular weight is 497 g/mol. The molecule has 8 heteroatoms. The molecule has 2 aromatic carbocycles. The number of ether oxygens (including phenoxy) is 1. The summed E-state index contributed by atoms with van der Waals surface area (Å²) >= 11 is 8.23. The van der Waals surface area contributed by atoms with Crippen molar-refractivity contribution in [2.24, 2.45) is 0 Å². The van der Waals surface area contributed by atoms with Gasteiger partial charge >= 0.3 is 0 Å². The summed E-state index contributed by atoms with van der Waals surface area (Å²) in [6, 6.07) is 7.24. The number of ketones is 1. The Balaban J connectivity index is 2.27. The molecule has 0 heterocycles. The third kappa shape index (κ3) is 5.43. The summed E-state index contributed by atoms with van der Waals surface area (Å²) in [4.78, 5) is 12.3. The molecule has 2 rings (SSSR count). The molecule has 4 nitrogen and oxygen atoms in total. The second-order valence-corrected chi connectivity index (χ2v) is 7.23. The van der Waals surface area contributed by atoms with Gasteiger partial charge in [-0.1, -0.05) is 17.7 Å². The molecule has 0 saturated heterocycles. The third-order valence-electron chi connectivity index (χ3n) is 3.63. The van der Waals surface area contributed by atoms with Crippen LogP contribution in [0.25, 0.3) is 0 Å². The normalized spacial score (nSPS) is 12.2. The molecule has 2 aromatic rings. The Kier molecular flexibility index (Phi) is 7.90. The van der Waals surface area contributed by atoms with E-state index < -0.39 is 36.7 Å². The van der Waals surface area contributed by atoms with Crippen molar-refractivity contribution in [2.75, 3.05) is 19.8 Å². The predicted molar refractivity (Wildman–Crippen MR) is 102 cm³/mol. The van der Waals surface area contributed by atoms with E-state index in [2.05, 4.69) is 22.6 Å². The van der Waals surface area contributed by atoms with Gasteiger partial charge < -0.3 is 14.9 Å². The van der Waals surface area contributed by atoms with Gasteiger partial charge in [0.2, 0.25) is 0 Å². The molecule has 0 fully saturated rings. The minimum Gasteiger partial charge on any atom is -0.394 e. The lowest BCUT2D eigenvalue weighted by atomic mass is 9.96. The van der Waals surface area contributed by atoms with E-state index in [4.69, 9.17) is 21.4 Å². The predicted octanol–water partition coefficient (Wildman–Crippen LogP) is 3.37. The number of aliphatic hydroxyl groups is 2. The minimum absolute atomic E-state index is 0.0167. The maximum Gasteiger partial charge on any atom is 0.188 e. The lowest BCUT2D eigenvalue weighted by molar-refractivity contribution is 0.00893. The number of Topliss-reactive ketones (excluding diaryl/α,β-unsaturated/α-hetero) is 1. The summed E-state index contributed by atoms with van der Waals surface area (Å²) in [5, 5.41) is 18.3. The highest BCUT2D eigenvalue weighted by atomic mass is 127. The second-order valence-electron chi connectivity index (χ2n) is 5.57. The van der Waals surface area contributed by atoms with Crippen LogP contribution < -0.4 is 0 Å². The van der Waals surface area contributed by atoms with Gasteiger partial charge in [0.25, 0.3) is 0 Å². The molecule has 140 valence electrons. The molecule has 2 N–H and O–H groups in total. The van der Waals surface area contributed by atoms with Gasteiger partial charge in [-0.2, -0.15) is 0 Å². The Bertz CT molecular complexity index is 801. The monoisotopic (exact) mass is 496 g/mol. The fourth-order valence-electron chi connectivity index (χ4n) is 2.30. The fraction of sp³-hybridized carbons (Fsp3) is 0.278. The maximum absolute atomic E-state index is 14.3. The van der Waals surface area contributed by atoms with Crippen LogP contribution in [-0.4, -0.2) is 41.9 Å². The van der Waals surface area contributed by atoms with Crippen LogP contribution in [0.1, 0.15) is 21.5 Å². The molecular formula is C18H16ClF2IO4. The van der Waals surface area contributed by atoms with Crippen molar-refractivity contribution >= 4 is 40.0 Å². The van der Waals surface area contributed by atoms with E-state index in [0.717, 1.165) is 9.64 Å². The summed E-state index contributed by atoms with van der Waals surface area (Å²) in [7, 11) is 0. The van der Waals surface area contributed by atoms with Gasteiger partial charge in [0, 0.05) is 26.1 Å². The molecule has 1 atom stereocenters. The molecule has 0 radical (unpaired) electrons. The van der Waals surface area contributed by atoms with E-state index in [0.29, 0.717) is 10.6 Å². The van der Waals surface area contributed by atoms with E-state index >= 15 is 0 Å². The standard InChI is InChI=1S/C18H16ClF2IO4/c19-15-6-11(22)2-1-10(15)5-14-13(3-4-16(20)18(14)21)17(25)9-26-8-12(24)7-23/h1-4,6,12,23-24H,5,7-9H2. The van der Waals surface area contributed by atoms with Crippen molar-refractivity contribution in [3.05, 3.63) is 67.2 Å². The summed E-state index contributed by atoms with van der Waals surface area (Å²) in [5.41, 5.74) is 0.434. The maximum atomic E-state index is 14.3. The Hall–Kier alpha value is -1.13. The van der Waals surface area contributed by atoms with Crippen molar-refractivity contribution in [2.45, 2.75) is 12.5 Å². The van der Waals surface area contributed by atoms with Crippen LogP contribution in [0.2, 0.25) is 5.02 Å². The molecule has 0 aliphatic carbocycles. The molecular weight excluding hydrogens is 481 g/mol. The Morgan fingerprint density at radius 3 is 2.65 bits per heavy atom. The lowest BCUT2D eigenvalue weighted by Gasteiger charge is -2.13. The van der Waals surface area contributed by atoms with Crippen molar-refractivity contribution in [1.82, 2.24) is 0 Å². The first-order chi connectivity index (χ1) is 12.3. The van der Waals surface area contributed by atoms with Gasteiger partial charge in [0.15, 0.2) is 17.4 Å². The van der Waals surface area contributed by atoms with Crippen LogP contribution in [0.3, 0.4) is 0 Å². The fourth-order valence-corrected chi connectivity index (χ4v) is 3.22. The Labute approximate surface area is 167 Å². The molecule has 0 aromatic heterocycles. The Morgan fingerprint density at radius 2 is 2.00 bits per heavy atom. The van der Waals surface area contributed by atoms with E-state index in [1.807, 2.05) is 0 Å². The molecule has 1 unspecified atom stereocenters. The smallest absolute Gasteiger partial charge is 0.188 e. The molecule has 0 saturated carbocycles. The first-order valence-corrected chi connectivity index (χ1v) is 9.09. The van der Waals surface area contributed by atoms with E-state index in [-0.39, 0.29) is 24.2 Å². The first kappa shape index (κ1) is 21.2. The molecule has 0 aliphatic rings.